The molecule has 3 heterocycles. The van der Waals surface area contributed by atoms with Crippen LogP contribution >= 0.6 is 23.6 Å². The maximum atomic E-state index is 13.2. The zero-order valence-electron chi connectivity index (χ0n) is 27.4. The zero-order valence-corrected chi connectivity index (χ0v) is 29.0. The van der Waals surface area contributed by atoms with Crippen LogP contribution in [0.5, 0.6) is 0 Å². The minimum atomic E-state index is -1.47. The summed E-state index contributed by atoms with van der Waals surface area (Å²) < 4.78 is 7.61. The number of thiazole rings is 1. The van der Waals surface area contributed by atoms with Crippen LogP contribution in [0, 0.1) is 18.5 Å². The molecule has 2 aromatic carbocycles. The minimum absolute atomic E-state index is 0.0152. The van der Waals surface area contributed by atoms with E-state index in [4.69, 9.17) is 22.4 Å². The predicted octanol–water partition coefficient (Wildman–Crippen LogP) is 4.52. The molecule has 0 spiro atoms. The number of hydrogen-bond acceptors (Lipinski definition) is 9. The third-order valence-electron chi connectivity index (χ3n) is 8.26. The van der Waals surface area contributed by atoms with E-state index in [0.717, 1.165) is 50.3 Å². The van der Waals surface area contributed by atoms with Gasteiger partial charge in [0.1, 0.15) is 16.4 Å². The molecule has 0 unspecified atom stereocenters. The Morgan fingerprint density at radius 2 is 1.71 bits per heavy atom. The summed E-state index contributed by atoms with van der Waals surface area (Å²) in [5.41, 5.74) is 12.1. The van der Waals surface area contributed by atoms with Gasteiger partial charge in [-0.05, 0) is 48.2 Å². The number of carbonyl (C=O) groups is 4. The molecule has 0 fully saturated rings. The summed E-state index contributed by atoms with van der Waals surface area (Å²) in [6.45, 7) is 4.10. The number of carbonyl (C=O) groups excluding carboxylic acids is 3. The van der Waals surface area contributed by atoms with Crippen LogP contribution < -0.4 is 22.1 Å². The number of benzene rings is 2. The fourth-order valence-electron chi connectivity index (χ4n) is 5.90. The number of aromatic nitrogens is 3. The highest BCUT2D eigenvalue weighted by Gasteiger charge is 2.26. The number of fused-ring (bicyclic) bond motifs is 2. The van der Waals surface area contributed by atoms with E-state index in [1.807, 2.05) is 13.8 Å². The van der Waals surface area contributed by atoms with Crippen molar-refractivity contribution in [1.29, 1.82) is 0 Å². The van der Waals surface area contributed by atoms with Crippen molar-refractivity contribution in [3.8, 4) is 0 Å². The number of furan rings is 1. The first-order chi connectivity index (χ1) is 24.3. The number of carboxylic acid groups (broad SMARTS) is 1. The number of rotatable bonds is 11. The average Bonchev–Trinajstić information content (AvgIpc) is 3.69. The fraction of sp³-hybridized carbons (Fsp3) is 0.194. The van der Waals surface area contributed by atoms with E-state index >= 15 is 0 Å². The third kappa shape index (κ3) is 7.95. The number of primary amides is 1. The molecule has 0 saturated heterocycles. The van der Waals surface area contributed by atoms with Gasteiger partial charge in [-0.2, -0.15) is 0 Å². The number of hydrogen-bond donors (Lipinski definition) is 5. The van der Waals surface area contributed by atoms with E-state index in [-0.39, 0.29) is 35.5 Å². The van der Waals surface area contributed by atoms with E-state index in [1.54, 1.807) is 12.3 Å². The zero-order chi connectivity index (χ0) is 36.4. The van der Waals surface area contributed by atoms with Gasteiger partial charge in [0.15, 0.2) is 10.9 Å². The van der Waals surface area contributed by atoms with E-state index < -0.39 is 41.8 Å². The number of carboxylic acids is 1. The number of nitrogens with zero attached hydrogens (tertiary/aromatic N) is 2. The molecule has 15 heteroatoms. The summed E-state index contributed by atoms with van der Waals surface area (Å²) in [7, 11) is 0. The first-order valence-corrected chi connectivity index (χ1v) is 17.0. The molecule has 6 N–H and O–H groups in total. The number of nitrogens with two attached hydrogens (primary N) is 1. The number of anilines is 1. The molecule has 1 atom stereocenters. The molecular formula is C36H32N6O7S2. The molecule has 0 saturated carbocycles. The van der Waals surface area contributed by atoms with Crippen LogP contribution in [0.1, 0.15) is 73.3 Å². The molecule has 6 rings (SSSR count). The molecule has 260 valence electrons. The Hall–Kier alpha value is -5.93. The summed E-state index contributed by atoms with van der Waals surface area (Å²) in [6, 6.07) is 14.2. The van der Waals surface area contributed by atoms with Crippen molar-refractivity contribution >= 4 is 64.5 Å². The number of H-pyrrole nitrogens is 1. The van der Waals surface area contributed by atoms with Crippen LogP contribution in [0.15, 0.2) is 69.3 Å². The number of aryl methyl sites for hydroxylation is 2. The molecule has 0 bridgehead atoms. The predicted molar refractivity (Wildman–Crippen MR) is 193 cm³/mol. The quantitative estimate of drug-likeness (QED) is 0.119. The molecule has 51 heavy (non-hydrogen) atoms. The summed E-state index contributed by atoms with van der Waals surface area (Å²) in [5.74, 6) is -3.51. The van der Waals surface area contributed by atoms with Crippen molar-refractivity contribution in [2.45, 2.75) is 45.2 Å². The van der Waals surface area contributed by atoms with Crippen LogP contribution in [0.25, 0.3) is 12.2 Å². The Morgan fingerprint density at radius 1 is 1.04 bits per heavy atom. The van der Waals surface area contributed by atoms with Gasteiger partial charge >= 0.3 is 11.7 Å². The second kappa shape index (κ2) is 14.5. The molecule has 1 aliphatic rings. The molecule has 3 amide bonds. The molecule has 0 radical (unpaired) electrons. The maximum Gasteiger partial charge on any atom is 0.326 e. The van der Waals surface area contributed by atoms with Crippen LogP contribution in [0.3, 0.4) is 0 Å². The molecular weight excluding hydrogens is 693 g/mol. The van der Waals surface area contributed by atoms with Gasteiger partial charge in [0.2, 0.25) is 11.8 Å². The van der Waals surface area contributed by atoms with Gasteiger partial charge in [0, 0.05) is 23.1 Å². The maximum absolute atomic E-state index is 13.2. The van der Waals surface area contributed by atoms with Crippen molar-refractivity contribution in [2.75, 3.05) is 5.32 Å². The summed E-state index contributed by atoms with van der Waals surface area (Å²) >= 11 is 6.79. The van der Waals surface area contributed by atoms with Gasteiger partial charge in [0.25, 0.3) is 5.91 Å². The average molecular weight is 725 g/mol. The summed E-state index contributed by atoms with van der Waals surface area (Å²) in [5, 5.41) is 15.7. The Morgan fingerprint density at radius 3 is 2.33 bits per heavy atom. The van der Waals surface area contributed by atoms with Crippen LogP contribution in [-0.2, 0) is 27.3 Å². The topological polar surface area (TPSA) is 202 Å². The van der Waals surface area contributed by atoms with Gasteiger partial charge in [-0.3, -0.25) is 29.3 Å². The second-order valence-electron chi connectivity index (χ2n) is 12.2. The third-order valence-corrected chi connectivity index (χ3v) is 9.41. The fourth-order valence-corrected chi connectivity index (χ4v) is 6.87. The van der Waals surface area contributed by atoms with Gasteiger partial charge < -0.3 is 20.6 Å². The highest BCUT2D eigenvalue weighted by molar-refractivity contribution is 7.71. The van der Waals surface area contributed by atoms with E-state index in [0.29, 0.717) is 10.4 Å². The lowest BCUT2D eigenvalue weighted by molar-refractivity contribution is -0.143. The smallest absolute Gasteiger partial charge is 0.326 e. The van der Waals surface area contributed by atoms with Gasteiger partial charge in [0.05, 0.1) is 25.1 Å². The Labute approximate surface area is 299 Å². The Balaban J connectivity index is 1.19. The lowest BCUT2D eigenvalue weighted by Crippen LogP contribution is -2.43. The monoisotopic (exact) mass is 724 g/mol. The number of aromatic amines is 1. The normalized spacial score (nSPS) is 12.7. The van der Waals surface area contributed by atoms with Crippen LogP contribution in [0.2, 0.25) is 0 Å². The number of nitrogens with one attached hydrogen (secondary N) is 3. The minimum Gasteiger partial charge on any atom is -0.480 e. The molecule has 13 nitrogen and oxygen atoms in total. The van der Waals surface area contributed by atoms with Crippen molar-refractivity contribution in [3.05, 3.63) is 131 Å². The molecule has 3 aromatic heterocycles. The van der Waals surface area contributed by atoms with E-state index in [9.17, 15) is 29.1 Å². The van der Waals surface area contributed by atoms with Crippen LogP contribution in [0.4, 0.5) is 5.13 Å². The lowest BCUT2D eigenvalue weighted by Gasteiger charge is -2.22. The molecule has 5 aromatic rings. The Bertz CT molecular complexity index is 2300. The first-order valence-electron chi connectivity index (χ1n) is 15.7. The van der Waals surface area contributed by atoms with Gasteiger partial charge in [-0.25, -0.2) is 14.6 Å². The van der Waals surface area contributed by atoms with Gasteiger partial charge in [-0.1, -0.05) is 71.9 Å². The number of amides is 3. The highest BCUT2D eigenvalue weighted by atomic mass is 32.1. The summed E-state index contributed by atoms with van der Waals surface area (Å²) in [6.07, 6.45) is 5.11. The standard InChI is InChI=1S/C36H32N6O7S2/c1-18-3-8-24-20(11-18)5-6-21-12-19(2)4-9-25(21)31(24)26-16-42(36(48)41-33(26)50)15-23-7-10-28(49-23)32(45)40-35-38-22(17-51-35)13-30(44)39-27(34(46)47)14-29(37)43/h3-12,16-17,27,31H,13-15H2,1-2H3,(H2,37,43)(H,39,44)(H,46,47)(H,38,40,45)(H,41,48,50)/t27-/m0/s1. The van der Waals surface area contributed by atoms with Crippen molar-refractivity contribution in [3.63, 3.8) is 0 Å². The molecule has 0 aliphatic heterocycles. The van der Waals surface area contributed by atoms with Gasteiger partial charge in [-0.15, -0.1) is 11.3 Å². The van der Waals surface area contributed by atoms with Crippen molar-refractivity contribution < 1.29 is 28.7 Å². The largest absolute Gasteiger partial charge is 0.480 e. The van der Waals surface area contributed by atoms with E-state index in [1.165, 1.54) is 16.0 Å². The highest BCUT2D eigenvalue weighted by Crippen LogP contribution is 2.40. The van der Waals surface area contributed by atoms with E-state index in [2.05, 4.69) is 69.2 Å². The van der Waals surface area contributed by atoms with Crippen LogP contribution in [-0.4, -0.2) is 49.4 Å². The second-order valence-corrected chi connectivity index (χ2v) is 13.4. The summed E-state index contributed by atoms with van der Waals surface area (Å²) in [4.78, 5) is 67.9. The molecule has 1 aliphatic carbocycles. The lowest BCUT2D eigenvalue weighted by atomic mass is 9.83. The SMILES string of the molecule is Cc1ccc2c(c1)C=Cc1cc(C)ccc1C2c1cn(Cc2ccc(C(=O)Nc3nc(CC(=O)N[C@@H](CC(N)=O)C(=O)O)cs3)o2)c(=O)[nH]c1=S. The van der Waals surface area contributed by atoms with Crippen molar-refractivity contribution in [2.24, 2.45) is 5.73 Å². The number of aliphatic carboxylic acids is 1. The first kappa shape index (κ1) is 34.9. The van der Waals surface area contributed by atoms with Crippen molar-refractivity contribution in [1.82, 2.24) is 19.9 Å². The Kier molecular flexibility index (Phi) is 9.93.